The van der Waals surface area contributed by atoms with Crippen LogP contribution in [0.25, 0.3) is 0 Å². The van der Waals surface area contributed by atoms with Gasteiger partial charge in [-0.15, -0.1) is 0 Å². The maximum absolute atomic E-state index is 12.9. The van der Waals surface area contributed by atoms with Crippen molar-refractivity contribution >= 4 is 17.5 Å². The van der Waals surface area contributed by atoms with Gasteiger partial charge in [0.1, 0.15) is 5.71 Å². The molecule has 2 aromatic rings. The summed E-state index contributed by atoms with van der Waals surface area (Å²) >= 11 is 0. The van der Waals surface area contributed by atoms with Gasteiger partial charge in [-0.25, -0.2) is 0 Å². The lowest BCUT2D eigenvalue weighted by atomic mass is 9.87. The zero-order valence-electron chi connectivity index (χ0n) is 16.4. The zero-order valence-corrected chi connectivity index (χ0v) is 16.4. The van der Waals surface area contributed by atoms with E-state index in [1.165, 1.54) is 0 Å². The Morgan fingerprint density at radius 2 is 1.93 bits per heavy atom. The molecule has 2 amide bonds. The molecule has 0 radical (unpaired) electrons. The molecule has 1 aromatic carbocycles. The predicted molar refractivity (Wildman–Crippen MR) is 108 cm³/mol. The fraction of sp³-hybridized carbons (Fsp3) is 0.364. The van der Waals surface area contributed by atoms with Crippen LogP contribution in [0.4, 0.5) is 0 Å². The van der Waals surface area contributed by atoms with Crippen LogP contribution in [0, 0.1) is 6.92 Å². The molecule has 0 unspecified atom stereocenters. The van der Waals surface area contributed by atoms with Crippen molar-refractivity contribution in [1.29, 1.82) is 0 Å². The summed E-state index contributed by atoms with van der Waals surface area (Å²) in [6.07, 6.45) is 5.38. The number of carbonyl (C=O) groups is 2. The molecule has 1 spiro atoms. The van der Waals surface area contributed by atoms with Crippen LogP contribution in [0.5, 0.6) is 0 Å². The van der Waals surface area contributed by atoms with Gasteiger partial charge in [-0.1, -0.05) is 22.9 Å². The SMILES string of the molecule is Cc1ccc(C(=O)N2CCC[C@@]3(CC(C(=O)NCc4ccncc4)=NO3)C2)cc1. The highest BCUT2D eigenvalue weighted by Gasteiger charge is 2.45. The number of hydrogen-bond donors (Lipinski definition) is 1. The van der Waals surface area contributed by atoms with Crippen LogP contribution >= 0.6 is 0 Å². The third kappa shape index (κ3) is 4.29. The van der Waals surface area contributed by atoms with E-state index >= 15 is 0 Å². The van der Waals surface area contributed by atoms with Crippen molar-refractivity contribution in [2.75, 3.05) is 13.1 Å². The second-order valence-electron chi connectivity index (χ2n) is 7.72. The van der Waals surface area contributed by atoms with E-state index in [-0.39, 0.29) is 11.8 Å². The standard InChI is InChI=1S/C22H24N4O3/c1-16-3-5-18(6-4-16)21(28)26-12-2-9-22(15-26)13-19(25-29-22)20(27)24-14-17-7-10-23-11-8-17/h3-8,10-11H,2,9,12-15H2,1H3,(H,24,27)/t22-/m1/s1. The Kier molecular flexibility index (Phi) is 5.29. The smallest absolute Gasteiger partial charge is 0.269 e. The number of benzene rings is 1. The number of oxime groups is 1. The van der Waals surface area contributed by atoms with Crippen LogP contribution in [-0.2, 0) is 16.2 Å². The largest absolute Gasteiger partial charge is 0.386 e. The predicted octanol–water partition coefficient (Wildman–Crippen LogP) is 2.46. The van der Waals surface area contributed by atoms with Crippen molar-refractivity contribution in [3.05, 3.63) is 65.5 Å². The first kappa shape index (κ1) is 19.1. The number of aryl methyl sites for hydroxylation is 1. The molecule has 2 aliphatic heterocycles. The van der Waals surface area contributed by atoms with Gasteiger partial charge in [0.25, 0.3) is 11.8 Å². The van der Waals surface area contributed by atoms with E-state index in [0.717, 1.165) is 24.0 Å². The number of aromatic nitrogens is 1. The number of amides is 2. The van der Waals surface area contributed by atoms with Gasteiger partial charge < -0.3 is 15.1 Å². The maximum Gasteiger partial charge on any atom is 0.269 e. The third-order valence-corrected chi connectivity index (χ3v) is 5.43. The van der Waals surface area contributed by atoms with E-state index in [9.17, 15) is 9.59 Å². The molecule has 0 aliphatic carbocycles. The van der Waals surface area contributed by atoms with Crippen molar-refractivity contribution in [3.8, 4) is 0 Å². The lowest BCUT2D eigenvalue weighted by molar-refractivity contribution is -0.115. The summed E-state index contributed by atoms with van der Waals surface area (Å²) in [5.74, 6) is -0.246. The molecular formula is C22H24N4O3. The van der Waals surface area contributed by atoms with Crippen LogP contribution < -0.4 is 5.32 Å². The van der Waals surface area contributed by atoms with Gasteiger partial charge in [0.2, 0.25) is 0 Å². The minimum Gasteiger partial charge on any atom is -0.386 e. The van der Waals surface area contributed by atoms with Gasteiger partial charge in [-0.3, -0.25) is 14.6 Å². The Morgan fingerprint density at radius 3 is 2.69 bits per heavy atom. The Balaban J connectivity index is 1.36. The molecule has 7 heteroatoms. The summed E-state index contributed by atoms with van der Waals surface area (Å²) in [6.45, 7) is 3.52. The van der Waals surface area contributed by atoms with E-state index in [4.69, 9.17) is 4.84 Å². The average Bonchev–Trinajstić information content (AvgIpc) is 3.16. The van der Waals surface area contributed by atoms with Crippen molar-refractivity contribution in [2.24, 2.45) is 5.16 Å². The second kappa shape index (κ2) is 8.03. The Bertz CT molecular complexity index is 927. The van der Waals surface area contributed by atoms with Gasteiger partial charge in [0, 0.05) is 37.5 Å². The molecule has 7 nitrogen and oxygen atoms in total. The van der Waals surface area contributed by atoms with Crippen LogP contribution in [0.1, 0.15) is 40.7 Å². The molecule has 150 valence electrons. The molecule has 2 aliphatic rings. The summed E-state index contributed by atoms with van der Waals surface area (Å²) < 4.78 is 0. The minimum absolute atomic E-state index is 0.0109. The number of nitrogens with zero attached hydrogens (tertiary/aromatic N) is 3. The molecular weight excluding hydrogens is 368 g/mol. The highest BCUT2D eigenvalue weighted by atomic mass is 16.7. The number of nitrogens with one attached hydrogen (secondary N) is 1. The van der Waals surface area contributed by atoms with Gasteiger partial charge in [-0.2, -0.15) is 0 Å². The van der Waals surface area contributed by atoms with Crippen molar-refractivity contribution in [3.63, 3.8) is 0 Å². The number of carbonyl (C=O) groups excluding carboxylic acids is 2. The molecule has 1 atom stereocenters. The fourth-order valence-electron chi connectivity index (χ4n) is 3.80. The van der Waals surface area contributed by atoms with Gasteiger partial charge in [-0.05, 0) is 49.6 Å². The summed E-state index contributed by atoms with van der Waals surface area (Å²) in [7, 11) is 0. The topological polar surface area (TPSA) is 83.9 Å². The van der Waals surface area contributed by atoms with E-state index in [1.54, 1.807) is 12.4 Å². The average molecular weight is 392 g/mol. The van der Waals surface area contributed by atoms with Crippen LogP contribution in [0.3, 0.4) is 0 Å². The summed E-state index contributed by atoms with van der Waals surface area (Å²) in [5.41, 5.74) is 2.52. The van der Waals surface area contributed by atoms with Crippen molar-refractivity contribution in [2.45, 2.75) is 38.3 Å². The Hall–Kier alpha value is -3.22. The van der Waals surface area contributed by atoms with Gasteiger partial charge >= 0.3 is 0 Å². The summed E-state index contributed by atoms with van der Waals surface area (Å²) in [5, 5.41) is 6.93. The lowest BCUT2D eigenvalue weighted by Crippen LogP contribution is -2.51. The molecule has 1 N–H and O–H groups in total. The van der Waals surface area contributed by atoms with Crippen molar-refractivity contribution < 1.29 is 14.4 Å². The number of piperidine rings is 1. The number of likely N-dealkylation sites (tertiary alicyclic amines) is 1. The first-order chi connectivity index (χ1) is 14.0. The molecule has 0 saturated carbocycles. The van der Waals surface area contributed by atoms with E-state index in [0.29, 0.717) is 37.3 Å². The normalized spacial score (nSPS) is 20.9. The number of pyridine rings is 1. The van der Waals surface area contributed by atoms with Crippen LogP contribution in [0.2, 0.25) is 0 Å². The first-order valence-corrected chi connectivity index (χ1v) is 9.83. The highest BCUT2D eigenvalue weighted by molar-refractivity contribution is 6.39. The highest BCUT2D eigenvalue weighted by Crippen LogP contribution is 2.34. The van der Waals surface area contributed by atoms with E-state index < -0.39 is 5.60 Å². The van der Waals surface area contributed by atoms with Gasteiger partial charge in [0.05, 0.1) is 6.54 Å². The second-order valence-corrected chi connectivity index (χ2v) is 7.72. The monoisotopic (exact) mass is 392 g/mol. The summed E-state index contributed by atoms with van der Waals surface area (Å²) in [6, 6.07) is 11.3. The number of hydrogen-bond acceptors (Lipinski definition) is 5. The summed E-state index contributed by atoms with van der Waals surface area (Å²) in [4.78, 5) is 36.9. The molecule has 3 heterocycles. The third-order valence-electron chi connectivity index (χ3n) is 5.43. The minimum atomic E-state index is -0.609. The molecule has 1 fully saturated rings. The van der Waals surface area contributed by atoms with Crippen LogP contribution in [-0.4, -0.2) is 46.1 Å². The molecule has 29 heavy (non-hydrogen) atoms. The number of rotatable bonds is 4. The fourth-order valence-corrected chi connectivity index (χ4v) is 3.80. The maximum atomic E-state index is 12.9. The van der Waals surface area contributed by atoms with Gasteiger partial charge in [0.15, 0.2) is 5.60 Å². The Morgan fingerprint density at radius 1 is 1.17 bits per heavy atom. The van der Waals surface area contributed by atoms with E-state index in [2.05, 4.69) is 15.5 Å². The van der Waals surface area contributed by atoms with E-state index in [1.807, 2.05) is 48.2 Å². The van der Waals surface area contributed by atoms with Crippen molar-refractivity contribution in [1.82, 2.24) is 15.2 Å². The molecule has 1 saturated heterocycles. The zero-order chi connectivity index (χ0) is 20.3. The lowest BCUT2D eigenvalue weighted by Gasteiger charge is -2.38. The molecule has 4 rings (SSSR count). The van der Waals surface area contributed by atoms with Crippen LogP contribution in [0.15, 0.2) is 53.9 Å². The molecule has 1 aromatic heterocycles. The first-order valence-electron chi connectivity index (χ1n) is 9.83. The Labute approximate surface area is 169 Å². The molecule has 0 bridgehead atoms. The quantitative estimate of drug-likeness (QED) is 0.866.